The molecule has 2 heterocycles. The number of rotatable bonds is 8. The highest BCUT2D eigenvalue weighted by Gasteiger charge is 2.25. The molecule has 2 aromatic heterocycles. The first kappa shape index (κ1) is 26.1. The van der Waals surface area contributed by atoms with Gasteiger partial charge in [-0.1, -0.05) is 51.1 Å². The fourth-order valence-corrected chi connectivity index (χ4v) is 4.12. The zero-order valence-electron chi connectivity index (χ0n) is 20.0. The highest BCUT2D eigenvalue weighted by molar-refractivity contribution is 7.92. The number of nitrogens with one attached hydrogen (secondary N) is 1. The zero-order valence-corrected chi connectivity index (χ0v) is 21.6. The Balaban J connectivity index is 2.09. The summed E-state index contributed by atoms with van der Waals surface area (Å²) in [6, 6.07) is 8.21. The van der Waals surface area contributed by atoms with Crippen LogP contribution in [-0.4, -0.2) is 35.5 Å². The van der Waals surface area contributed by atoms with E-state index in [2.05, 4.69) is 31.2 Å². The van der Waals surface area contributed by atoms with Gasteiger partial charge in [-0.2, -0.15) is 0 Å². The van der Waals surface area contributed by atoms with E-state index in [4.69, 9.17) is 21.1 Å². The predicted octanol–water partition coefficient (Wildman–Crippen LogP) is 5.13. The summed E-state index contributed by atoms with van der Waals surface area (Å²) in [4.78, 5) is 16.8. The predicted molar refractivity (Wildman–Crippen MR) is 135 cm³/mol. The summed E-state index contributed by atoms with van der Waals surface area (Å²) in [6.45, 7) is 11.6. The van der Waals surface area contributed by atoms with Crippen LogP contribution in [0.4, 0.5) is 5.82 Å². The molecule has 0 saturated carbocycles. The van der Waals surface area contributed by atoms with Gasteiger partial charge in [0.2, 0.25) is 11.6 Å². The Kier molecular flexibility index (Phi) is 7.76. The van der Waals surface area contributed by atoms with Gasteiger partial charge in [-0.3, -0.25) is 4.72 Å². The molecule has 0 radical (unpaired) electrons. The molecule has 0 saturated heterocycles. The summed E-state index contributed by atoms with van der Waals surface area (Å²) < 4.78 is 39.9. The Bertz CT molecular complexity index is 1350. The fourth-order valence-electron chi connectivity index (χ4n) is 2.90. The maximum absolute atomic E-state index is 13.3. The van der Waals surface area contributed by atoms with E-state index in [0.29, 0.717) is 0 Å². The molecule has 0 aliphatic rings. The van der Waals surface area contributed by atoms with E-state index in [1.54, 1.807) is 31.2 Å². The van der Waals surface area contributed by atoms with Gasteiger partial charge in [0, 0.05) is 12.4 Å². The third-order valence-corrected chi connectivity index (χ3v) is 6.46. The van der Waals surface area contributed by atoms with Crippen molar-refractivity contribution < 1.29 is 17.9 Å². The molecule has 35 heavy (non-hydrogen) atoms. The number of anilines is 1. The molecule has 0 amide bonds. The lowest BCUT2D eigenvalue weighted by atomic mass is 9.87. The van der Waals surface area contributed by atoms with Crippen molar-refractivity contribution in [1.82, 2.24) is 19.9 Å². The Hall–Kier alpha value is -3.50. The van der Waals surface area contributed by atoms with Crippen LogP contribution >= 0.6 is 11.6 Å². The Morgan fingerprint density at radius 2 is 1.71 bits per heavy atom. The topological polar surface area (TPSA) is 116 Å². The molecule has 11 heteroatoms. The van der Waals surface area contributed by atoms with E-state index in [1.165, 1.54) is 31.6 Å². The van der Waals surface area contributed by atoms with Gasteiger partial charge >= 0.3 is 0 Å². The largest absolute Gasteiger partial charge is 0.493 e. The summed E-state index contributed by atoms with van der Waals surface area (Å²) in [5.41, 5.74) is 0.860. The standard InChI is InChI=1S/C24H26ClN5O4S/c1-7-18(15(2)33-6)34-19-20(25)28-23(22-26-13-8-14-27-22)29-21(19)30-35(31,32)17-11-9-16(10-12-17)24(3,4)5/h7-14H,2H2,1,3-6H3,(H,28,29,30). The van der Waals surface area contributed by atoms with Gasteiger partial charge in [-0.25, -0.2) is 28.4 Å². The highest BCUT2D eigenvalue weighted by Crippen LogP contribution is 2.36. The normalized spacial score (nSPS) is 12.2. The third kappa shape index (κ3) is 6.14. The zero-order chi connectivity index (χ0) is 25.8. The van der Waals surface area contributed by atoms with Gasteiger partial charge in [-0.15, -0.1) is 0 Å². The number of ether oxygens (including phenoxy) is 2. The average molecular weight is 516 g/mol. The minimum atomic E-state index is -4.07. The van der Waals surface area contributed by atoms with Crippen LogP contribution in [0.25, 0.3) is 11.6 Å². The Morgan fingerprint density at radius 1 is 1.09 bits per heavy atom. The van der Waals surface area contributed by atoms with Gasteiger partial charge < -0.3 is 9.47 Å². The minimum Gasteiger partial charge on any atom is -0.493 e. The molecule has 0 fully saturated rings. The second kappa shape index (κ2) is 10.4. The molecule has 3 rings (SSSR count). The van der Waals surface area contributed by atoms with Crippen molar-refractivity contribution in [2.24, 2.45) is 0 Å². The van der Waals surface area contributed by atoms with Crippen molar-refractivity contribution in [1.29, 1.82) is 0 Å². The maximum atomic E-state index is 13.3. The highest BCUT2D eigenvalue weighted by atomic mass is 35.5. The van der Waals surface area contributed by atoms with Crippen LogP contribution in [0.3, 0.4) is 0 Å². The maximum Gasteiger partial charge on any atom is 0.263 e. The number of methoxy groups -OCH3 is 1. The van der Waals surface area contributed by atoms with Crippen LogP contribution in [0.1, 0.15) is 33.3 Å². The van der Waals surface area contributed by atoms with Crippen LogP contribution in [-0.2, 0) is 20.2 Å². The van der Waals surface area contributed by atoms with Gasteiger partial charge in [-0.05, 0) is 42.2 Å². The van der Waals surface area contributed by atoms with Crippen LogP contribution in [0, 0.1) is 0 Å². The molecule has 1 aromatic carbocycles. The molecule has 184 valence electrons. The molecule has 0 bridgehead atoms. The molecule has 9 nitrogen and oxygen atoms in total. The molecular formula is C24H26ClN5O4S. The van der Waals surface area contributed by atoms with Gasteiger partial charge in [0.05, 0.1) is 12.0 Å². The first-order valence-corrected chi connectivity index (χ1v) is 12.4. The van der Waals surface area contributed by atoms with Gasteiger partial charge in [0.1, 0.15) is 0 Å². The molecule has 0 unspecified atom stereocenters. The van der Waals surface area contributed by atoms with E-state index in [1.807, 2.05) is 20.8 Å². The molecule has 0 spiro atoms. The van der Waals surface area contributed by atoms with E-state index >= 15 is 0 Å². The summed E-state index contributed by atoms with van der Waals surface area (Å²) in [5, 5.41) is -0.161. The molecular weight excluding hydrogens is 490 g/mol. The number of nitrogens with zero attached hydrogens (tertiary/aromatic N) is 4. The number of aromatic nitrogens is 4. The lowest BCUT2D eigenvalue weighted by molar-refractivity contribution is 0.264. The molecule has 0 aliphatic heterocycles. The van der Waals surface area contributed by atoms with Crippen LogP contribution in [0.2, 0.25) is 5.15 Å². The van der Waals surface area contributed by atoms with E-state index < -0.39 is 10.0 Å². The lowest BCUT2D eigenvalue weighted by Crippen LogP contribution is -2.17. The summed E-state index contributed by atoms with van der Waals surface area (Å²) in [6.07, 6.45) is 4.59. The number of hydrogen-bond donors (Lipinski definition) is 1. The number of hydrogen-bond acceptors (Lipinski definition) is 8. The lowest BCUT2D eigenvalue weighted by Gasteiger charge is -2.19. The van der Waals surface area contributed by atoms with Crippen molar-refractivity contribution in [3.63, 3.8) is 0 Å². The van der Waals surface area contributed by atoms with E-state index in [-0.39, 0.29) is 50.2 Å². The van der Waals surface area contributed by atoms with Crippen molar-refractivity contribution in [2.45, 2.75) is 38.0 Å². The van der Waals surface area contributed by atoms with Gasteiger partial charge in [0.15, 0.2) is 28.3 Å². The van der Waals surface area contributed by atoms with Crippen molar-refractivity contribution in [3.8, 4) is 17.4 Å². The molecule has 0 aliphatic carbocycles. The first-order chi connectivity index (χ1) is 16.5. The molecule has 0 atom stereocenters. The van der Waals surface area contributed by atoms with Crippen LogP contribution < -0.4 is 9.46 Å². The summed E-state index contributed by atoms with van der Waals surface area (Å²) in [7, 11) is -2.65. The monoisotopic (exact) mass is 515 g/mol. The van der Waals surface area contributed by atoms with Crippen LogP contribution in [0.5, 0.6) is 5.75 Å². The van der Waals surface area contributed by atoms with E-state index in [9.17, 15) is 8.42 Å². The number of benzene rings is 1. The number of allylic oxidation sites excluding steroid dienone is 1. The number of sulfonamides is 1. The number of halogens is 1. The molecule has 1 N–H and O–H groups in total. The van der Waals surface area contributed by atoms with E-state index in [0.717, 1.165) is 5.56 Å². The quantitative estimate of drug-likeness (QED) is 0.249. The average Bonchev–Trinajstić information content (AvgIpc) is 2.83. The smallest absolute Gasteiger partial charge is 0.263 e. The van der Waals surface area contributed by atoms with Crippen molar-refractivity contribution in [3.05, 3.63) is 77.6 Å². The van der Waals surface area contributed by atoms with Gasteiger partial charge in [0.25, 0.3) is 10.0 Å². The minimum absolute atomic E-state index is 0.0105. The Labute approximate surface area is 210 Å². The Morgan fingerprint density at radius 3 is 2.26 bits per heavy atom. The van der Waals surface area contributed by atoms with Crippen molar-refractivity contribution in [2.75, 3.05) is 11.8 Å². The van der Waals surface area contributed by atoms with Crippen molar-refractivity contribution >= 4 is 27.4 Å². The summed E-state index contributed by atoms with van der Waals surface area (Å²) >= 11 is 6.41. The summed E-state index contributed by atoms with van der Waals surface area (Å²) in [5.74, 6) is 0.241. The fraction of sp³-hybridized carbons (Fsp3) is 0.250. The SMILES string of the molecule is C=C(OC)C(=CC)Oc1c(Cl)nc(-c2ncccn2)nc1NS(=O)(=O)c1ccc(C(C)(C)C)cc1. The molecule has 3 aromatic rings. The first-order valence-electron chi connectivity index (χ1n) is 10.5. The second-order valence-electron chi connectivity index (χ2n) is 8.35. The van der Waals surface area contributed by atoms with Crippen LogP contribution in [0.15, 0.2) is 71.8 Å². The second-order valence-corrected chi connectivity index (χ2v) is 10.4. The third-order valence-electron chi connectivity index (χ3n) is 4.85.